The van der Waals surface area contributed by atoms with E-state index in [1.807, 2.05) is 36.9 Å². The molecular formula is C22H28N2O5S. The number of ether oxygens (including phenoxy) is 2. The van der Waals surface area contributed by atoms with Crippen molar-refractivity contribution >= 4 is 21.6 Å². The molecule has 0 aliphatic carbocycles. The molecule has 0 aromatic heterocycles. The zero-order valence-electron chi connectivity index (χ0n) is 17.8. The molecule has 1 aliphatic rings. The number of sulfonamides is 1. The summed E-state index contributed by atoms with van der Waals surface area (Å²) >= 11 is 0. The van der Waals surface area contributed by atoms with E-state index in [-0.39, 0.29) is 23.1 Å². The summed E-state index contributed by atoms with van der Waals surface area (Å²) in [6.07, 6.45) is 1.28. The van der Waals surface area contributed by atoms with Gasteiger partial charge in [0.05, 0.1) is 14.2 Å². The highest BCUT2D eigenvalue weighted by Crippen LogP contribution is 2.31. The van der Waals surface area contributed by atoms with E-state index in [1.54, 1.807) is 12.1 Å². The van der Waals surface area contributed by atoms with Crippen LogP contribution in [-0.2, 0) is 27.8 Å². The number of rotatable bonds is 8. The summed E-state index contributed by atoms with van der Waals surface area (Å²) in [7, 11) is -0.903. The van der Waals surface area contributed by atoms with Gasteiger partial charge in [-0.05, 0) is 41.7 Å². The van der Waals surface area contributed by atoms with Gasteiger partial charge in [-0.15, -0.1) is 0 Å². The van der Waals surface area contributed by atoms with Crippen LogP contribution >= 0.6 is 0 Å². The summed E-state index contributed by atoms with van der Waals surface area (Å²) in [5.41, 5.74) is 2.81. The first kappa shape index (κ1) is 22.1. The number of hydrogen-bond donors (Lipinski definition) is 1. The summed E-state index contributed by atoms with van der Waals surface area (Å²) in [4.78, 5) is 14.3. The maximum absolute atomic E-state index is 12.8. The maximum atomic E-state index is 12.8. The molecule has 1 N–H and O–H groups in total. The minimum absolute atomic E-state index is 0.0240. The molecule has 7 nitrogen and oxygen atoms in total. The molecule has 2 aromatic rings. The first-order chi connectivity index (χ1) is 14.2. The van der Waals surface area contributed by atoms with Crippen molar-refractivity contribution in [2.24, 2.45) is 5.92 Å². The number of carbonyl (C=O) groups is 1. The van der Waals surface area contributed by atoms with Gasteiger partial charge in [0, 0.05) is 31.3 Å². The molecular weight excluding hydrogens is 404 g/mol. The molecule has 3 rings (SSSR count). The lowest BCUT2D eigenvalue weighted by Crippen LogP contribution is -2.29. The summed E-state index contributed by atoms with van der Waals surface area (Å²) in [6.45, 7) is 4.86. The number of nitrogens with one attached hydrogen (secondary N) is 1. The van der Waals surface area contributed by atoms with Gasteiger partial charge >= 0.3 is 0 Å². The van der Waals surface area contributed by atoms with Crippen LogP contribution in [0.15, 0.2) is 41.3 Å². The fraction of sp³-hybridized carbons (Fsp3) is 0.409. The van der Waals surface area contributed by atoms with Crippen LogP contribution in [0.4, 0.5) is 5.69 Å². The van der Waals surface area contributed by atoms with Crippen LogP contribution in [-0.4, -0.2) is 35.1 Å². The lowest BCUT2D eigenvalue weighted by atomic mass is 10.1. The number of nitrogens with zero attached hydrogens (tertiary/aromatic N) is 1. The minimum atomic E-state index is -3.81. The Balaban J connectivity index is 1.75. The van der Waals surface area contributed by atoms with Gasteiger partial charge in [-0.2, -0.15) is 0 Å². The predicted octanol–water partition coefficient (Wildman–Crippen LogP) is 3.12. The third kappa shape index (κ3) is 4.76. The molecule has 0 atom stereocenters. The van der Waals surface area contributed by atoms with Crippen LogP contribution in [0, 0.1) is 5.92 Å². The van der Waals surface area contributed by atoms with Gasteiger partial charge in [-0.3, -0.25) is 4.79 Å². The Hall–Kier alpha value is -2.58. The SMILES string of the molecule is COc1ccc(OC)c(S(=O)(=O)NCc2ccc3c(c2)CCN3C(=O)CC(C)C)c1. The molecule has 0 fully saturated rings. The Kier molecular flexibility index (Phi) is 6.67. The Morgan fingerprint density at radius 3 is 2.57 bits per heavy atom. The van der Waals surface area contributed by atoms with E-state index in [9.17, 15) is 13.2 Å². The standard InChI is InChI=1S/C22H28N2O5S/c1-15(2)11-22(25)24-10-9-17-12-16(5-7-19(17)24)14-23-30(26,27)21-13-18(28-3)6-8-20(21)29-4/h5-8,12-13,15,23H,9-11,14H2,1-4H3. The predicted molar refractivity (Wildman–Crippen MR) is 116 cm³/mol. The second-order valence-corrected chi connectivity index (χ2v) is 9.43. The molecule has 162 valence electrons. The summed E-state index contributed by atoms with van der Waals surface area (Å²) in [6, 6.07) is 10.4. The number of methoxy groups -OCH3 is 2. The third-order valence-corrected chi connectivity index (χ3v) is 6.47. The molecule has 0 saturated heterocycles. The van der Waals surface area contributed by atoms with Gasteiger partial charge in [0.25, 0.3) is 0 Å². The summed E-state index contributed by atoms with van der Waals surface area (Å²) in [5.74, 6) is 1.11. The highest BCUT2D eigenvalue weighted by molar-refractivity contribution is 7.89. The zero-order valence-corrected chi connectivity index (χ0v) is 18.6. The number of benzene rings is 2. The van der Waals surface area contributed by atoms with E-state index >= 15 is 0 Å². The molecule has 0 bridgehead atoms. The first-order valence-electron chi connectivity index (χ1n) is 9.89. The largest absolute Gasteiger partial charge is 0.497 e. The Morgan fingerprint density at radius 1 is 1.13 bits per heavy atom. The van der Waals surface area contributed by atoms with Crippen molar-refractivity contribution in [2.45, 2.75) is 38.1 Å². The van der Waals surface area contributed by atoms with Crippen LogP contribution < -0.4 is 19.1 Å². The van der Waals surface area contributed by atoms with Crippen molar-refractivity contribution < 1.29 is 22.7 Å². The van der Waals surface area contributed by atoms with Crippen molar-refractivity contribution in [1.82, 2.24) is 4.72 Å². The molecule has 1 heterocycles. The summed E-state index contributed by atoms with van der Waals surface area (Å²) in [5, 5.41) is 0. The minimum Gasteiger partial charge on any atom is -0.497 e. The normalized spacial score (nSPS) is 13.4. The van der Waals surface area contributed by atoms with Gasteiger partial charge < -0.3 is 14.4 Å². The lowest BCUT2D eigenvalue weighted by Gasteiger charge is -2.19. The Morgan fingerprint density at radius 2 is 1.90 bits per heavy atom. The Labute approximate surface area is 178 Å². The van der Waals surface area contributed by atoms with Gasteiger partial charge in [0.15, 0.2) is 0 Å². The van der Waals surface area contributed by atoms with Crippen LogP contribution in [0.3, 0.4) is 0 Å². The van der Waals surface area contributed by atoms with Crippen molar-refractivity contribution in [3.05, 3.63) is 47.5 Å². The molecule has 2 aromatic carbocycles. The quantitative estimate of drug-likeness (QED) is 0.693. The number of anilines is 1. The molecule has 1 amide bonds. The average Bonchev–Trinajstić information content (AvgIpc) is 3.14. The maximum Gasteiger partial charge on any atom is 0.244 e. The highest BCUT2D eigenvalue weighted by atomic mass is 32.2. The zero-order chi connectivity index (χ0) is 21.9. The third-order valence-electron chi connectivity index (χ3n) is 5.05. The second kappa shape index (κ2) is 9.06. The molecule has 30 heavy (non-hydrogen) atoms. The van der Waals surface area contributed by atoms with E-state index in [0.717, 1.165) is 23.2 Å². The molecule has 0 saturated carbocycles. The van der Waals surface area contributed by atoms with E-state index in [2.05, 4.69) is 4.72 Å². The monoisotopic (exact) mass is 432 g/mol. The number of carbonyl (C=O) groups excluding carboxylic acids is 1. The van der Waals surface area contributed by atoms with Gasteiger partial charge in [-0.25, -0.2) is 13.1 Å². The Bertz CT molecular complexity index is 1030. The fourth-order valence-electron chi connectivity index (χ4n) is 3.53. The molecule has 0 spiro atoms. The van der Waals surface area contributed by atoms with E-state index in [1.165, 1.54) is 20.3 Å². The number of fused-ring (bicyclic) bond motifs is 1. The second-order valence-electron chi connectivity index (χ2n) is 7.70. The number of hydrogen-bond acceptors (Lipinski definition) is 5. The fourth-order valence-corrected chi connectivity index (χ4v) is 4.73. The van der Waals surface area contributed by atoms with Crippen molar-refractivity contribution in [3.63, 3.8) is 0 Å². The average molecular weight is 433 g/mol. The topological polar surface area (TPSA) is 84.9 Å². The van der Waals surface area contributed by atoms with Crippen molar-refractivity contribution in [3.8, 4) is 11.5 Å². The van der Waals surface area contributed by atoms with Gasteiger partial charge in [0.1, 0.15) is 16.4 Å². The first-order valence-corrected chi connectivity index (χ1v) is 11.4. The van der Waals surface area contributed by atoms with Gasteiger partial charge in [0.2, 0.25) is 15.9 Å². The van der Waals surface area contributed by atoms with E-state index in [4.69, 9.17) is 9.47 Å². The van der Waals surface area contributed by atoms with Crippen molar-refractivity contribution in [2.75, 3.05) is 25.7 Å². The molecule has 0 radical (unpaired) electrons. The van der Waals surface area contributed by atoms with Crippen LogP contribution in [0.1, 0.15) is 31.4 Å². The lowest BCUT2D eigenvalue weighted by molar-refractivity contribution is -0.119. The molecule has 0 unspecified atom stereocenters. The van der Waals surface area contributed by atoms with E-state index in [0.29, 0.717) is 24.6 Å². The number of amides is 1. The van der Waals surface area contributed by atoms with Crippen molar-refractivity contribution in [1.29, 1.82) is 0 Å². The van der Waals surface area contributed by atoms with Gasteiger partial charge in [-0.1, -0.05) is 26.0 Å². The van der Waals surface area contributed by atoms with Crippen LogP contribution in [0.2, 0.25) is 0 Å². The molecule has 1 aliphatic heterocycles. The highest BCUT2D eigenvalue weighted by Gasteiger charge is 2.25. The van der Waals surface area contributed by atoms with Crippen LogP contribution in [0.25, 0.3) is 0 Å². The smallest absolute Gasteiger partial charge is 0.244 e. The van der Waals surface area contributed by atoms with Crippen LogP contribution in [0.5, 0.6) is 11.5 Å². The summed E-state index contributed by atoms with van der Waals surface area (Å²) < 4.78 is 38.6. The van der Waals surface area contributed by atoms with E-state index < -0.39 is 10.0 Å². The molecule has 8 heteroatoms.